The number of hydrogen-bond acceptors (Lipinski definition) is 5. The van der Waals surface area contributed by atoms with Crippen molar-refractivity contribution >= 4 is 24.2 Å². The summed E-state index contributed by atoms with van der Waals surface area (Å²) in [6.07, 6.45) is 10.9. The third-order valence-corrected chi connectivity index (χ3v) is 7.66. The van der Waals surface area contributed by atoms with E-state index in [-0.39, 0.29) is 29.1 Å². The predicted octanol–water partition coefficient (Wildman–Crippen LogP) is 3.74. The summed E-state index contributed by atoms with van der Waals surface area (Å²) >= 11 is 0. The predicted molar refractivity (Wildman–Crippen MR) is 133 cm³/mol. The van der Waals surface area contributed by atoms with Gasteiger partial charge in [-0.15, -0.1) is 0 Å². The average molecular weight is 490 g/mol. The Bertz CT molecular complexity index is 831. The Hall–Kier alpha value is -2.38. The first-order valence-electron chi connectivity index (χ1n) is 13.2. The molecule has 3 aliphatic rings. The second-order valence-electron chi connectivity index (χ2n) is 11.9. The van der Waals surface area contributed by atoms with Crippen LogP contribution in [0.3, 0.4) is 0 Å². The third kappa shape index (κ3) is 6.85. The monoisotopic (exact) mass is 489 g/mol. The number of aldehydes is 1. The van der Waals surface area contributed by atoms with Crippen LogP contribution in [0.2, 0.25) is 0 Å². The molecule has 5 atom stereocenters. The van der Waals surface area contributed by atoms with Gasteiger partial charge >= 0.3 is 6.09 Å². The molecule has 8 nitrogen and oxygen atoms in total. The van der Waals surface area contributed by atoms with E-state index in [9.17, 15) is 19.2 Å². The van der Waals surface area contributed by atoms with Crippen LogP contribution in [0.4, 0.5) is 4.79 Å². The van der Waals surface area contributed by atoms with Gasteiger partial charge in [-0.25, -0.2) is 4.79 Å². The van der Waals surface area contributed by atoms with Crippen molar-refractivity contribution in [3.8, 4) is 0 Å². The minimum atomic E-state index is -0.762. The van der Waals surface area contributed by atoms with Crippen molar-refractivity contribution in [1.82, 2.24) is 15.5 Å². The number of piperidine rings is 1. The number of alkyl carbamates (subject to hydrolysis) is 1. The number of nitrogens with one attached hydrogen (secondary N) is 2. The van der Waals surface area contributed by atoms with Crippen LogP contribution in [-0.4, -0.2) is 59.4 Å². The molecule has 3 amide bonds. The van der Waals surface area contributed by atoms with E-state index in [0.29, 0.717) is 19.4 Å². The fraction of sp³-hybridized carbons (Fsp3) is 0.778. The quantitative estimate of drug-likeness (QED) is 0.454. The molecular weight excluding hydrogens is 446 g/mol. The van der Waals surface area contributed by atoms with Gasteiger partial charge in [0.15, 0.2) is 0 Å². The molecule has 2 heterocycles. The van der Waals surface area contributed by atoms with Gasteiger partial charge in [0.2, 0.25) is 11.8 Å². The van der Waals surface area contributed by atoms with Gasteiger partial charge < -0.3 is 25.1 Å². The smallest absolute Gasteiger partial charge is 0.408 e. The number of hydrogen-bond donors (Lipinski definition) is 2. The third-order valence-electron chi connectivity index (χ3n) is 7.66. The molecule has 0 radical (unpaired) electrons. The second kappa shape index (κ2) is 11.1. The summed E-state index contributed by atoms with van der Waals surface area (Å²) in [5.74, 6) is -0.239. The minimum Gasteiger partial charge on any atom is -0.444 e. The lowest BCUT2D eigenvalue weighted by Crippen LogP contribution is -2.57. The lowest BCUT2D eigenvalue weighted by atomic mass is 9.98. The molecule has 0 spiro atoms. The molecule has 1 saturated carbocycles. The van der Waals surface area contributed by atoms with Crippen LogP contribution in [0.25, 0.3) is 0 Å². The molecular formula is C27H43N3O5. The van der Waals surface area contributed by atoms with Gasteiger partial charge in [0, 0.05) is 6.54 Å². The zero-order chi connectivity index (χ0) is 25.8. The van der Waals surface area contributed by atoms with Gasteiger partial charge in [-0.1, -0.05) is 38.8 Å². The molecule has 8 heteroatoms. The molecule has 196 valence electrons. The Morgan fingerprint density at radius 1 is 1.11 bits per heavy atom. The van der Waals surface area contributed by atoms with Crippen LogP contribution < -0.4 is 10.6 Å². The summed E-state index contributed by atoms with van der Waals surface area (Å²) in [7, 11) is 0. The summed E-state index contributed by atoms with van der Waals surface area (Å²) in [6.45, 7) is 10.1. The number of carbonyl (C=O) groups excluding carboxylic acids is 4. The van der Waals surface area contributed by atoms with E-state index in [1.807, 2.05) is 0 Å². The zero-order valence-corrected chi connectivity index (χ0v) is 22.0. The first-order chi connectivity index (χ1) is 16.5. The zero-order valence-electron chi connectivity index (χ0n) is 22.0. The lowest BCUT2D eigenvalue weighted by Gasteiger charge is -2.33. The molecule has 0 bridgehead atoms. The molecule has 2 fully saturated rings. The molecule has 0 aromatic carbocycles. The van der Waals surface area contributed by atoms with E-state index in [2.05, 4.69) is 36.6 Å². The van der Waals surface area contributed by atoms with E-state index in [1.54, 1.807) is 25.7 Å². The van der Waals surface area contributed by atoms with Crippen LogP contribution in [0, 0.1) is 17.3 Å². The fourth-order valence-electron chi connectivity index (χ4n) is 5.64. The number of carbonyl (C=O) groups is 4. The van der Waals surface area contributed by atoms with Crippen LogP contribution >= 0.6 is 0 Å². The van der Waals surface area contributed by atoms with Gasteiger partial charge in [0.05, 0.1) is 6.04 Å². The summed E-state index contributed by atoms with van der Waals surface area (Å²) in [5, 5.41) is 5.68. The molecule has 1 saturated heterocycles. The first-order valence-corrected chi connectivity index (χ1v) is 13.2. The van der Waals surface area contributed by atoms with Gasteiger partial charge in [0.25, 0.3) is 0 Å². The normalized spacial score (nSPS) is 32.9. The average Bonchev–Trinajstić information content (AvgIpc) is 3.09. The Balaban J connectivity index is 1.82. The topological polar surface area (TPSA) is 105 Å². The van der Waals surface area contributed by atoms with Gasteiger partial charge in [0.1, 0.15) is 24.0 Å². The maximum atomic E-state index is 13.7. The maximum absolute atomic E-state index is 13.7. The summed E-state index contributed by atoms with van der Waals surface area (Å²) < 4.78 is 5.42. The summed E-state index contributed by atoms with van der Waals surface area (Å²) in [6, 6.07) is -1.96. The van der Waals surface area contributed by atoms with E-state index < -0.39 is 29.8 Å². The van der Waals surface area contributed by atoms with Crippen molar-refractivity contribution in [2.75, 3.05) is 6.54 Å². The first kappa shape index (κ1) is 27.2. The molecule has 2 aliphatic heterocycles. The van der Waals surface area contributed by atoms with Crippen molar-refractivity contribution in [1.29, 1.82) is 0 Å². The van der Waals surface area contributed by atoms with Crippen LogP contribution in [0.15, 0.2) is 12.2 Å². The Morgan fingerprint density at radius 2 is 1.74 bits per heavy atom. The second-order valence-corrected chi connectivity index (χ2v) is 11.9. The number of allylic oxidation sites excluding steroid dienone is 2. The highest BCUT2D eigenvalue weighted by molar-refractivity contribution is 5.93. The highest BCUT2D eigenvalue weighted by Crippen LogP contribution is 2.64. The van der Waals surface area contributed by atoms with Crippen molar-refractivity contribution in [3.05, 3.63) is 12.2 Å². The molecule has 0 unspecified atom stereocenters. The van der Waals surface area contributed by atoms with Crippen LogP contribution in [0.5, 0.6) is 0 Å². The summed E-state index contributed by atoms with van der Waals surface area (Å²) in [4.78, 5) is 53.0. The van der Waals surface area contributed by atoms with E-state index in [4.69, 9.17) is 4.74 Å². The lowest BCUT2D eigenvalue weighted by molar-refractivity contribution is -0.142. The van der Waals surface area contributed by atoms with Crippen LogP contribution in [0.1, 0.15) is 86.0 Å². The van der Waals surface area contributed by atoms with Crippen molar-refractivity contribution < 1.29 is 23.9 Å². The molecule has 3 rings (SSSR count). The Labute approximate surface area is 209 Å². The highest BCUT2D eigenvalue weighted by atomic mass is 16.6. The van der Waals surface area contributed by atoms with Crippen molar-refractivity contribution in [3.63, 3.8) is 0 Å². The fourth-order valence-corrected chi connectivity index (χ4v) is 5.64. The molecule has 0 aromatic rings. The molecule has 0 aromatic heterocycles. The van der Waals surface area contributed by atoms with Gasteiger partial charge in [-0.3, -0.25) is 9.59 Å². The summed E-state index contributed by atoms with van der Waals surface area (Å²) in [5.41, 5.74) is -0.714. The maximum Gasteiger partial charge on any atom is 0.408 e. The van der Waals surface area contributed by atoms with E-state index in [1.165, 1.54) is 0 Å². The number of amides is 3. The Kier molecular flexibility index (Phi) is 8.65. The SMILES string of the molecule is CC(C)(C)OC(=O)N[C@H]1CCCC/C=C/CCCC[C@@H](C=O)NC(=O)[C@@H]2[C@@H]3[C@H](CN2C1=O)C3(C)C. The van der Waals surface area contributed by atoms with Crippen LogP contribution in [-0.2, 0) is 19.1 Å². The highest BCUT2D eigenvalue weighted by Gasteiger charge is 2.69. The van der Waals surface area contributed by atoms with Gasteiger partial charge in [-0.2, -0.15) is 0 Å². The van der Waals surface area contributed by atoms with E-state index >= 15 is 0 Å². The number of rotatable bonds is 2. The molecule has 35 heavy (non-hydrogen) atoms. The minimum absolute atomic E-state index is 0.0338. The number of nitrogens with zero attached hydrogens (tertiary/aromatic N) is 1. The largest absolute Gasteiger partial charge is 0.444 e. The Morgan fingerprint density at radius 3 is 2.34 bits per heavy atom. The van der Waals surface area contributed by atoms with E-state index in [0.717, 1.165) is 44.8 Å². The van der Waals surface area contributed by atoms with Crippen molar-refractivity contribution in [2.24, 2.45) is 17.3 Å². The van der Waals surface area contributed by atoms with Crippen molar-refractivity contribution in [2.45, 2.75) is 110 Å². The molecule has 1 aliphatic carbocycles. The molecule has 2 N–H and O–H groups in total. The standard InChI is InChI=1S/C27H43N3O5/c1-26(2,3)35-25(34)29-20-15-13-11-9-7-6-8-10-12-14-18(17-31)28-23(32)22-21-19(27(21,4)5)16-30(22)24(20)33/h6-7,17-22H,8-16H2,1-5H3,(H,28,32)(H,29,34)/b7-6+/t18-,19-,20-,21-,22-/m0/s1. The number of fused-ring (bicyclic) bond motifs is 3. The number of ether oxygens (including phenoxy) is 1. The van der Waals surface area contributed by atoms with Gasteiger partial charge in [-0.05, 0) is 76.5 Å².